The van der Waals surface area contributed by atoms with Crippen LogP contribution >= 0.6 is 31.9 Å². The van der Waals surface area contributed by atoms with Gasteiger partial charge in [-0.3, -0.25) is 4.79 Å². The third-order valence-corrected chi connectivity index (χ3v) is 4.08. The van der Waals surface area contributed by atoms with Gasteiger partial charge in [0, 0.05) is 12.6 Å². The molecule has 0 atom stereocenters. The van der Waals surface area contributed by atoms with E-state index in [0.717, 1.165) is 33.1 Å². The molecule has 1 aromatic carbocycles. The van der Waals surface area contributed by atoms with Crippen molar-refractivity contribution in [1.29, 1.82) is 0 Å². The van der Waals surface area contributed by atoms with Crippen LogP contribution in [0.15, 0.2) is 21.1 Å². The highest BCUT2D eigenvalue weighted by Crippen LogP contribution is 2.34. The molecule has 0 aromatic heterocycles. The lowest BCUT2D eigenvalue weighted by atomic mass is 10.2. The van der Waals surface area contributed by atoms with Gasteiger partial charge in [-0.05, 0) is 69.3 Å². The second-order valence-electron chi connectivity index (χ2n) is 4.77. The van der Waals surface area contributed by atoms with Gasteiger partial charge >= 0.3 is 0 Å². The van der Waals surface area contributed by atoms with Gasteiger partial charge in [-0.15, -0.1) is 0 Å². The quantitative estimate of drug-likeness (QED) is 0.733. The maximum atomic E-state index is 11.5. The highest BCUT2D eigenvalue weighted by Gasteiger charge is 2.22. The average molecular weight is 406 g/mol. The molecule has 0 heterocycles. The first-order valence-electron chi connectivity index (χ1n) is 6.71. The Morgan fingerprint density at radius 1 is 1.35 bits per heavy atom. The number of nitrogens with one attached hydrogen (secondary N) is 2. The zero-order valence-corrected chi connectivity index (χ0v) is 14.5. The van der Waals surface area contributed by atoms with E-state index < -0.39 is 0 Å². The monoisotopic (exact) mass is 404 g/mol. The van der Waals surface area contributed by atoms with Crippen LogP contribution in [0, 0.1) is 0 Å². The Kier molecular flexibility index (Phi) is 5.86. The molecule has 1 aromatic rings. The maximum Gasteiger partial charge on any atom is 0.234 e. The number of halogens is 2. The summed E-state index contributed by atoms with van der Waals surface area (Å²) in [6.07, 6.45) is 2.23. The van der Waals surface area contributed by atoms with Gasteiger partial charge in [0.2, 0.25) is 5.91 Å². The van der Waals surface area contributed by atoms with E-state index in [4.69, 9.17) is 4.74 Å². The van der Waals surface area contributed by atoms with Crippen molar-refractivity contribution in [2.75, 3.05) is 13.2 Å². The van der Waals surface area contributed by atoms with Crippen molar-refractivity contribution >= 4 is 37.8 Å². The molecule has 110 valence electrons. The molecule has 0 unspecified atom stereocenters. The van der Waals surface area contributed by atoms with Gasteiger partial charge in [0.1, 0.15) is 5.75 Å². The van der Waals surface area contributed by atoms with E-state index in [2.05, 4.69) is 42.5 Å². The number of hydrogen-bond donors (Lipinski definition) is 2. The van der Waals surface area contributed by atoms with Gasteiger partial charge < -0.3 is 15.4 Å². The lowest BCUT2D eigenvalue weighted by molar-refractivity contribution is -0.120. The summed E-state index contributed by atoms with van der Waals surface area (Å²) in [6, 6.07) is 4.42. The molecule has 0 saturated heterocycles. The van der Waals surface area contributed by atoms with Crippen LogP contribution in [-0.2, 0) is 11.3 Å². The molecular weight excluding hydrogens is 388 g/mol. The van der Waals surface area contributed by atoms with Gasteiger partial charge in [0.05, 0.1) is 22.1 Å². The molecule has 1 amide bonds. The van der Waals surface area contributed by atoms with Crippen LogP contribution in [0.25, 0.3) is 0 Å². The molecule has 0 spiro atoms. The number of amides is 1. The van der Waals surface area contributed by atoms with E-state index >= 15 is 0 Å². The minimum absolute atomic E-state index is 0.0663. The van der Waals surface area contributed by atoms with Crippen molar-refractivity contribution in [2.24, 2.45) is 0 Å². The van der Waals surface area contributed by atoms with E-state index in [1.54, 1.807) is 0 Å². The van der Waals surface area contributed by atoms with Crippen LogP contribution in [-0.4, -0.2) is 25.1 Å². The summed E-state index contributed by atoms with van der Waals surface area (Å²) in [7, 11) is 0. The molecule has 2 N–H and O–H groups in total. The van der Waals surface area contributed by atoms with E-state index in [0.29, 0.717) is 25.7 Å². The lowest BCUT2D eigenvalue weighted by Crippen LogP contribution is -2.34. The van der Waals surface area contributed by atoms with Crippen LogP contribution in [0.4, 0.5) is 0 Å². The Labute approximate surface area is 135 Å². The van der Waals surface area contributed by atoms with Crippen molar-refractivity contribution in [3.05, 3.63) is 26.6 Å². The summed E-state index contributed by atoms with van der Waals surface area (Å²) >= 11 is 7.00. The Morgan fingerprint density at radius 3 is 2.55 bits per heavy atom. The normalized spacial score (nSPS) is 14.2. The van der Waals surface area contributed by atoms with E-state index in [-0.39, 0.29) is 5.91 Å². The first kappa shape index (κ1) is 15.8. The van der Waals surface area contributed by atoms with E-state index in [9.17, 15) is 4.79 Å². The smallest absolute Gasteiger partial charge is 0.234 e. The van der Waals surface area contributed by atoms with Crippen LogP contribution < -0.4 is 15.4 Å². The molecule has 20 heavy (non-hydrogen) atoms. The molecule has 1 aliphatic rings. The Bertz CT molecular complexity index is 467. The fourth-order valence-electron chi connectivity index (χ4n) is 1.82. The van der Waals surface area contributed by atoms with Gasteiger partial charge in [-0.1, -0.05) is 0 Å². The molecular formula is C14H18Br2N2O2. The Morgan fingerprint density at radius 2 is 2.00 bits per heavy atom. The van der Waals surface area contributed by atoms with E-state index in [1.807, 2.05) is 19.1 Å². The molecule has 1 aliphatic carbocycles. The van der Waals surface area contributed by atoms with Crippen LogP contribution in [0.5, 0.6) is 5.75 Å². The average Bonchev–Trinajstić information content (AvgIpc) is 3.17. The number of carbonyl (C=O) groups is 1. The molecule has 1 saturated carbocycles. The number of rotatable bonds is 7. The largest absolute Gasteiger partial charge is 0.492 e. The van der Waals surface area contributed by atoms with Crippen molar-refractivity contribution in [2.45, 2.75) is 32.4 Å². The molecule has 6 heteroatoms. The zero-order valence-electron chi connectivity index (χ0n) is 11.3. The summed E-state index contributed by atoms with van der Waals surface area (Å²) in [4.78, 5) is 11.5. The van der Waals surface area contributed by atoms with Crippen LogP contribution in [0.3, 0.4) is 0 Å². The molecule has 1 fully saturated rings. The number of ether oxygens (including phenoxy) is 1. The summed E-state index contributed by atoms with van der Waals surface area (Å²) in [5.74, 6) is 0.874. The second-order valence-corrected chi connectivity index (χ2v) is 6.48. The number of carbonyl (C=O) groups excluding carboxylic acids is 1. The first-order chi connectivity index (χ1) is 9.60. The van der Waals surface area contributed by atoms with Gasteiger partial charge in [0.15, 0.2) is 0 Å². The second kappa shape index (κ2) is 7.43. The standard InChI is InChI=1S/C14H18Br2N2O2/c1-2-20-14-11(15)5-9(6-12(14)16)7-17-8-13(19)18-10-3-4-10/h5-6,10,17H,2-4,7-8H2,1H3,(H,18,19). The zero-order chi connectivity index (χ0) is 14.5. The molecule has 2 rings (SSSR count). The van der Waals surface area contributed by atoms with Crippen molar-refractivity contribution in [1.82, 2.24) is 10.6 Å². The van der Waals surface area contributed by atoms with Crippen molar-refractivity contribution in [3.8, 4) is 5.75 Å². The summed E-state index contributed by atoms with van der Waals surface area (Å²) < 4.78 is 7.36. The summed E-state index contributed by atoms with van der Waals surface area (Å²) in [5, 5.41) is 6.09. The topological polar surface area (TPSA) is 50.4 Å². The fourth-order valence-corrected chi connectivity index (χ4v) is 3.33. The summed E-state index contributed by atoms with van der Waals surface area (Å²) in [5.41, 5.74) is 1.09. The first-order valence-corrected chi connectivity index (χ1v) is 8.29. The highest BCUT2D eigenvalue weighted by atomic mass is 79.9. The van der Waals surface area contributed by atoms with Gasteiger partial charge in [-0.25, -0.2) is 0 Å². The van der Waals surface area contributed by atoms with Gasteiger partial charge in [0.25, 0.3) is 0 Å². The third kappa shape index (κ3) is 4.75. The number of hydrogen-bond acceptors (Lipinski definition) is 3. The predicted octanol–water partition coefficient (Wildman–Crippen LogP) is 2.98. The SMILES string of the molecule is CCOc1c(Br)cc(CNCC(=O)NC2CC2)cc1Br. The highest BCUT2D eigenvalue weighted by molar-refractivity contribution is 9.11. The lowest BCUT2D eigenvalue weighted by Gasteiger charge is -2.11. The van der Waals surface area contributed by atoms with Crippen LogP contribution in [0.1, 0.15) is 25.3 Å². The minimum Gasteiger partial charge on any atom is -0.492 e. The third-order valence-electron chi connectivity index (χ3n) is 2.90. The number of benzene rings is 1. The molecule has 0 aliphatic heterocycles. The van der Waals surface area contributed by atoms with Crippen molar-refractivity contribution in [3.63, 3.8) is 0 Å². The minimum atomic E-state index is 0.0663. The van der Waals surface area contributed by atoms with Gasteiger partial charge in [-0.2, -0.15) is 0 Å². The molecule has 4 nitrogen and oxygen atoms in total. The van der Waals surface area contributed by atoms with Crippen LogP contribution in [0.2, 0.25) is 0 Å². The maximum absolute atomic E-state index is 11.5. The molecule has 0 radical (unpaired) electrons. The Balaban J connectivity index is 1.84. The predicted molar refractivity (Wildman–Crippen MR) is 85.9 cm³/mol. The van der Waals surface area contributed by atoms with Crippen molar-refractivity contribution < 1.29 is 9.53 Å². The van der Waals surface area contributed by atoms with E-state index in [1.165, 1.54) is 0 Å². The fraction of sp³-hybridized carbons (Fsp3) is 0.500. The summed E-state index contributed by atoms with van der Waals surface area (Å²) in [6.45, 7) is 3.56. The molecule has 0 bridgehead atoms. The Hall–Kier alpha value is -0.590.